The van der Waals surface area contributed by atoms with E-state index < -0.39 is 6.23 Å². The van der Waals surface area contributed by atoms with Gasteiger partial charge in [-0.3, -0.25) is 10.5 Å². The maximum Gasteiger partial charge on any atom is 0.307 e. The van der Waals surface area contributed by atoms with Gasteiger partial charge in [0.2, 0.25) is 0 Å². The smallest absolute Gasteiger partial charge is 0.307 e. The normalized spacial score (nSPS) is 19.8. The van der Waals surface area contributed by atoms with Gasteiger partial charge in [-0.25, -0.2) is 0 Å². The van der Waals surface area contributed by atoms with E-state index in [1.165, 1.54) is 19.3 Å². The molecule has 0 radical (unpaired) electrons. The molecular weight excluding hydrogens is 154 g/mol. The first-order chi connectivity index (χ1) is 5.68. The molecule has 1 atom stereocenters. The Morgan fingerprint density at radius 3 is 2.75 bits per heavy atom. The minimum absolute atomic E-state index is 0.156. The maximum atomic E-state index is 11.0. The Labute approximate surface area is 73.3 Å². The fraction of sp³-hybridized carbons (Fsp3) is 0.889. The van der Waals surface area contributed by atoms with Crippen LogP contribution < -0.4 is 5.73 Å². The lowest BCUT2D eigenvalue weighted by molar-refractivity contribution is -0.148. The van der Waals surface area contributed by atoms with Crippen molar-refractivity contribution < 1.29 is 9.53 Å². The van der Waals surface area contributed by atoms with Gasteiger partial charge >= 0.3 is 5.97 Å². The van der Waals surface area contributed by atoms with Crippen LogP contribution in [0, 0.1) is 5.92 Å². The van der Waals surface area contributed by atoms with Crippen LogP contribution in [-0.4, -0.2) is 12.2 Å². The van der Waals surface area contributed by atoms with Crippen molar-refractivity contribution in [2.45, 2.75) is 45.3 Å². The molecule has 2 N–H and O–H groups in total. The van der Waals surface area contributed by atoms with Gasteiger partial charge in [-0.1, -0.05) is 19.3 Å². The van der Waals surface area contributed by atoms with E-state index in [1.54, 1.807) is 6.92 Å². The summed E-state index contributed by atoms with van der Waals surface area (Å²) in [6.07, 6.45) is 4.95. The van der Waals surface area contributed by atoms with Gasteiger partial charge < -0.3 is 4.74 Å². The van der Waals surface area contributed by atoms with Gasteiger partial charge in [0.1, 0.15) is 6.23 Å². The van der Waals surface area contributed by atoms with Crippen LogP contribution in [0.15, 0.2) is 0 Å². The average Bonchev–Trinajstić information content (AvgIpc) is 1.81. The fourth-order valence-electron chi connectivity index (χ4n) is 1.37. The second-order valence-electron chi connectivity index (χ2n) is 3.53. The molecule has 1 unspecified atom stereocenters. The van der Waals surface area contributed by atoms with Crippen molar-refractivity contribution in [1.82, 2.24) is 0 Å². The monoisotopic (exact) mass is 171 g/mol. The van der Waals surface area contributed by atoms with Crippen LogP contribution >= 0.6 is 0 Å². The molecule has 0 aliphatic heterocycles. The lowest BCUT2D eigenvalue weighted by Gasteiger charge is -2.24. The lowest BCUT2D eigenvalue weighted by Crippen LogP contribution is -2.24. The highest BCUT2D eigenvalue weighted by Gasteiger charge is 2.18. The number of carbonyl (C=O) groups excluding carboxylic acids is 1. The minimum Gasteiger partial charge on any atom is -0.447 e. The number of hydrogen-bond acceptors (Lipinski definition) is 3. The van der Waals surface area contributed by atoms with Gasteiger partial charge in [-0.2, -0.15) is 0 Å². The first kappa shape index (κ1) is 9.52. The number of ether oxygens (including phenoxy) is 1. The molecule has 1 saturated carbocycles. The van der Waals surface area contributed by atoms with Gasteiger partial charge in [-0.15, -0.1) is 0 Å². The Morgan fingerprint density at radius 1 is 1.67 bits per heavy atom. The molecule has 0 spiro atoms. The molecule has 1 fully saturated rings. The van der Waals surface area contributed by atoms with Crippen molar-refractivity contribution >= 4 is 5.97 Å². The van der Waals surface area contributed by atoms with E-state index in [4.69, 9.17) is 10.5 Å². The summed E-state index contributed by atoms with van der Waals surface area (Å²) in [5, 5.41) is 0. The molecule has 1 rings (SSSR count). The highest BCUT2D eigenvalue weighted by molar-refractivity contribution is 5.69. The molecule has 0 saturated heterocycles. The van der Waals surface area contributed by atoms with Crippen LogP contribution in [0.3, 0.4) is 0 Å². The van der Waals surface area contributed by atoms with Crippen LogP contribution in [0.5, 0.6) is 0 Å². The van der Waals surface area contributed by atoms with Gasteiger partial charge in [0.25, 0.3) is 0 Å². The van der Waals surface area contributed by atoms with Crippen LogP contribution in [-0.2, 0) is 9.53 Å². The maximum absolute atomic E-state index is 11.0. The third-order valence-corrected chi connectivity index (χ3v) is 2.30. The average molecular weight is 171 g/mol. The SMILES string of the molecule is CC(N)OC(=O)CCC1CCC1. The largest absolute Gasteiger partial charge is 0.447 e. The summed E-state index contributed by atoms with van der Waals surface area (Å²) in [6.45, 7) is 1.67. The third-order valence-electron chi connectivity index (χ3n) is 2.30. The molecule has 70 valence electrons. The van der Waals surface area contributed by atoms with E-state index in [9.17, 15) is 4.79 Å². The van der Waals surface area contributed by atoms with Crippen LogP contribution in [0.4, 0.5) is 0 Å². The predicted molar refractivity (Wildman–Crippen MR) is 46.3 cm³/mol. The molecule has 0 amide bonds. The van der Waals surface area contributed by atoms with Gasteiger partial charge in [-0.05, 0) is 19.3 Å². The van der Waals surface area contributed by atoms with Crippen LogP contribution in [0.1, 0.15) is 39.0 Å². The van der Waals surface area contributed by atoms with Crippen molar-refractivity contribution in [3.63, 3.8) is 0 Å². The molecule has 0 bridgehead atoms. The molecule has 12 heavy (non-hydrogen) atoms. The molecule has 0 aromatic rings. The summed E-state index contributed by atoms with van der Waals surface area (Å²) in [5.41, 5.74) is 5.30. The summed E-state index contributed by atoms with van der Waals surface area (Å²) in [4.78, 5) is 11.0. The summed E-state index contributed by atoms with van der Waals surface area (Å²) >= 11 is 0. The molecular formula is C9H17NO2. The molecule has 1 aliphatic rings. The molecule has 3 nitrogen and oxygen atoms in total. The highest BCUT2D eigenvalue weighted by atomic mass is 16.5. The standard InChI is InChI=1S/C9H17NO2/c1-7(10)12-9(11)6-5-8-3-2-4-8/h7-8H,2-6,10H2,1H3. The summed E-state index contributed by atoms with van der Waals surface area (Å²) in [6, 6.07) is 0. The number of carbonyl (C=O) groups is 1. The number of rotatable bonds is 4. The topological polar surface area (TPSA) is 52.3 Å². The second-order valence-corrected chi connectivity index (χ2v) is 3.53. The van der Waals surface area contributed by atoms with Gasteiger partial charge in [0.15, 0.2) is 0 Å². The van der Waals surface area contributed by atoms with Gasteiger partial charge in [0, 0.05) is 6.42 Å². The van der Waals surface area contributed by atoms with Gasteiger partial charge in [0.05, 0.1) is 0 Å². The van der Waals surface area contributed by atoms with Crippen molar-refractivity contribution in [2.75, 3.05) is 0 Å². The lowest BCUT2D eigenvalue weighted by atomic mass is 9.82. The first-order valence-corrected chi connectivity index (χ1v) is 4.63. The molecule has 0 aromatic carbocycles. The third kappa shape index (κ3) is 3.22. The zero-order valence-electron chi connectivity index (χ0n) is 7.58. The van der Waals surface area contributed by atoms with Crippen molar-refractivity contribution in [2.24, 2.45) is 11.7 Å². The van der Waals surface area contributed by atoms with Crippen molar-refractivity contribution in [3.8, 4) is 0 Å². The molecule has 0 aromatic heterocycles. The molecule has 0 heterocycles. The minimum atomic E-state index is -0.459. The van der Waals surface area contributed by atoms with Crippen molar-refractivity contribution in [1.29, 1.82) is 0 Å². The van der Waals surface area contributed by atoms with Crippen molar-refractivity contribution in [3.05, 3.63) is 0 Å². The zero-order valence-corrected chi connectivity index (χ0v) is 7.58. The van der Waals surface area contributed by atoms with E-state index in [1.807, 2.05) is 0 Å². The molecule has 3 heteroatoms. The first-order valence-electron chi connectivity index (χ1n) is 4.63. The fourth-order valence-corrected chi connectivity index (χ4v) is 1.37. The number of nitrogens with two attached hydrogens (primary N) is 1. The summed E-state index contributed by atoms with van der Waals surface area (Å²) in [7, 11) is 0. The number of esters is 1. The Balaban J connectivity index is 2.01. The Hall–Kier alpha value is -0.570. The number of hydrogen-bond donors (Lipinski definition) is 1. The Kier molecular flexibility index (Phi) is 3.53. The second kappa shape index (κ2) is 4.45. The quantitative estimate of drug-likeness (QED) is 0.514. The summed E-state index contributed by atoms with van der Waals surface area (Å²) in [5.74, 6) is 0.613. The van der Waals surface area contributed by atoms with Crippen LogP contribution in [0.2, 0.25) is 0 Å². The van der Waals surface area contributed by atoms with E-state index in [0.717, 1.165) is 12.3 Å². The highest BCUT2D eigenvalue weighted by Crippen LogP contribution is 2.30. The van der Waals surface area contributed by atoms with E-state index in [0.29, 0.717) is 6.42 Å². The Bertz CT molecular complexity index is 153. The van der Waals surface area contributed by atoms with Crippen LogP contribution in [0.25, 0.3) is 0 Å². The zero-order chi connectivity index (χ0) is 8.97. The van der Waals surface area contributed by atoms with E-state index in [-0.39, 0.29) is 5.97 Å². The Morgan fingerprint density at radius 2 is 2.33 bits per heavy atom. The van der Waals surface area contributed by atoms with E-state index >= 15 is 0 Å². The molecule has 1 aliphatic carbocycles. The summed E-state index contributed by atoms with van der Waals surface area (Å²) < 4.78 is 4.81. The van der Waals surface area contributed by atoms with E-state index in [2.05, 4.69) is 0 Å². The predicted octanol–water partition coefficient (Wildman–Crippen LogP) is 1.41.